The van der Waals surface area contributed by atoms with Crippen molar-refractivity contribution in [3.05, 3.63) is 48.2 Å². The predicted octanol–water partition coefficient (Wildman–Crippen LogP) is 1.91. The second-order valence-corrected chi connectivity index (χ2v) is 7.37. The maximum absolute atomic E-state index is 13.2. The maximum Gasteiger partial charge on any atom is 0.251 e. The molecule has 3 heterocycles. The fourth-order valence-corrected chi connectivity index (χ4v) is 3.88. The molecule has 0 N–H and O–H groups in total. The molecule has 1 aromatic carbocycles. The predicted molar refractivity (Wildman–Crippen MR) is 104 cm³/mol. The second kappa shape index (κ2) is 8.45. The van der Waals surface area contributed by atoms with E-state index in [9.17, 15) is 14.0 Å². The number of benzene rings is 1. The molecule has 2 aliphatic rings. The fraction of sp³-hybridized carbons (Fsp3) is 0.381. The average molecular weight is 409 g/mol. The van der Waals surface area contributed by atoms with Crippen molar-refractivity contribution in [2.75, 3.05) is 24.5 Å². The Balaban J connectivity index is 1.40. The highest BCUT2D eigenvalue weighted by molar-refractivity contribution is 6.00. The lowest BCUT2D eigenvalue weighted by Crippen LogP contribution is -2.47. The minimum atomic E-state index is -0.451. The minimum Gasteiger partial charge on any atom is -0.470 e. The molecule has 0 saturated carbocycles. The number of aromatic nitrogens is 2. The van der Waals surface area contributed by atoms with Crippen LogP contribution < -0.4 is 9.64 Å². The summed E-state index contributed by atoms with van der Waals surface area (Å²) in [6, 6.07) is 7.62. The zero-order valence-corrected chi connectivity index (χ0v) is 16.2. The Kier molecular flexibility index (Phi) is 5.57. The van der Waals surface area contributed by atoms with Crippen LogP contribution in [-0.2, 0) is 9.59 Å². The number of rotatable bonds is 4. The molecule has 0 bridgehead atoms. The van der Waals surface area contributed by atoms with E-state index in [0.717, 1.165) is 12.8 Å². The van der Waals surface area contributed by atoms with E-state index in [2.05, 4.69) is 9.97 Å². The Labute approximate surface area is 172 Å². The zero-order valence-electron chi connectivity index (χ0n) is 16.2. The summed E-state index contributed by atoms with van der Waals surface area (Å²) in [4.78, 5) is 36.7. The van der Waals surface area contributed by atoms with E-state index >= 15 is 0 Å². The first-order valence-electron chi connectivity index (χ1n) is 9.77. The van der Waals surface area contributed by atoms with Gasteiger partial charge in [-0.2, -0.15) is 5.26 Å². The van der Waals surface area contributed by atoms with E-state index in [1.807, 2.05) is 6.07 Å². The summed E-state index contributed by atoms with van der Waals surface area (Å²) in [5, 5.41) is 9.14. The van der Waals surface area contributed by atoms with Crippen LogP contribution >= 0.6 is 0 Å². The van der Waals surface area contributed by atoms with Gasteiger partial charge in [0.2, 0.25) is 17.5 Å². The highest BCUT2D eigenvalue weighted by Gasteiger charge is 2.38. The van der Waals surface area contributed by atoms with Crippen LogP contribution in [0, 0.1) is 23.1 Å². The summed E-state index contributed by atoms with van der Waals surface area (Å²) in [5.41, 5.74) is 0.695. The zero-order chi connectivity index (χ0) is 21.1. The molecule has 30 heavy (non-hydrogen) atoms. The normalized spacial score (nSPS) is 21.4. The fourth-order valence-electron chi connectivity index (χ4n) is 3.88. The number of hydrogen-bond acceptors (Lipinski definition) is 6. The molecule has 2 unspecified atom stereocenters. The van der Waals surface area contributed by atoms with Gasteiger partial charge in [0, 0.05) is 37.6 Å². The van der Waals surface area contributed by atoms with Crippen molar-refractivity contribution in [2.24, 2.45) is 5.92 Å². The molecule has 2 fully saturated rings. The molecule has 2 amide bonds. The van der Waals surface area contributed by atoms with E-state index in [0.29, 0.717) is 18.8 Å². The Morgan fingerprint density at radius 3 is 2.73 bits per heavy atom. The Bertz CT molecular complexity index is 991. The van der Waals surface area contributed by atoms with Crippen molar-refractivity contribution in [3.8, 4) is 11.9 Å². The molecule has 2 aromatic rings. The molecule has 2 atom stereocenters. The quantitative estimate of drug-likeness (QED) is 0.765. The SMILES string of the molecule is N#Cc1nccnc1OC1CCCN(C(=O)C2CC(=O)N(c3ccc(F)cc3)C2)C1. The first-order valence-corrected chi connectivity index (χ1v) is 9.77. The number of carbonyl (C=O) groups is 2. The van der Waals surface area contributed by atoms with Crippen molar-refractivity contribution in [1.29, 1.82) is 5.26 Å². The number of carbonyl (C=O) groups excluding carboxylic acids is 2. The van der Waals surface area contributed by atoms with Crippen molar-refractivity contribution in [1.82, 2.24) is 14.9 Å². The number of halogens is 1. The maximum atomic E-state index is 13.2. The van der Waals surface area contributed by atoms with Gasteiger partial charge in [0.25, 0.3) is 5.88 Å². The Morgan fingerprint density at radius 2 is 1.97 bits per heavy atom. The molecule has 2 aliphatic heterocycles. The van der Waals surface area contributed by atoms with E-state index in [-0.39, 0.29) is 48.3 Å². The van der Waals surface area contributed by atoms with Gasteiger partial charge in [0.05, 0.1) is 12.5 Å². The molecule has 8 nitrogen and oxygen atoms in total. The van der Waals surface area contributed by atoms with E-state index in [1.165, 1.54) is 29.4 Å². The summed E-state index contributed by atoms with van der Waals surface area (Å²) >= 11 is 0. The Morgan fingerprint density at radius 1 is 1.20 bits per heavy atom. The lowest BCUT2D eigenvalue weighted by molar-refractivity contribution is -0.138. The molecule has 9 heteroatoms. The van der Waals surface area contributed by atoms with E-state index in [4.69, 9.17) is 10.00 Å². The summed E-state index contributed by atoms with van der Waals surface area (Å²) in [7, 11) is 0. The summed E-state index contributed by atoms with van der Waals surface area (Å²) in [6.45, 7) is 1.22. The largest absolute Gasteiger partial charge is 0.470 e. The van der Waals surface area contributed by atoms with E-state index in [1.54, 1.807) is 17.0 Å². The van der Waals surface area contributed by atoms with Gasteiger partial charge in [0.1, 0.15) is 18.0 Å². The number of nitriles is 1. The molecule has 4 rings (SSSR count). The number of ether oxygens (including phenoxy) is 1. The average Bonchev–Trinajstić information content (AvgIpc) is 3.16. The molecule has 154 valence electrons. The van der Waals surface area contributed by atoms with Crippen LogP contribution in [0.4, 0.5) is 10.1 Å². The van der Waals surface area contributed by atoms with Crippen molar-refractivity contribution in [3.63, 3.8) is 0 Å². The van der Waals surface area contributed by atoms with Crippen molar-refractivity contribution in [2.45, 2.75) is 25.4 Å². The third-order valence-electron chi connectivity index (χ3n) is 5.35. The summed E-state index contributed by atoms with van der Waals surface area (Å²) in [6.07, 6.45) is 4.19. The van der Waals surface area contributed by atoms with Crippen molar-refractivity contribution >= 4 is 17.5 Å². The number of amides is 2. The van der Waals surface area contributed by atoms with Gasteiger partial charge >= 0.3 is 0 Å². The van der Waals surface area contributed by atoms with Gasteiger partial charge in [0.15, 0.2) is 0 Å². The number of likely N-dealkylation sites (tertiary alicyclic amines) is 1. The van der Waals surface area contributed by atoms with Gasteiger partial charge in [-0.05, 0) is 37.1 Å². The van der Waals surface area contributed by atoms with Gasteiger partial charge in [-0.25, -0.2) is 14.4 Å². The smallest absolute Gasteiger partial charge is 0.251 e. The van der Waals surface area contributed by atoms with Crippen LogP contribution in [0.2, 0.25) is 0 Å². The van der Waals surface area contributed by atoms with Gasteiger partial charge in [-0.1, -0.05) is 0 Å². The second-order valence-electron chi connectivity index (χ2n) is 7.37. The third kappa shape index (κ3) is 4.08. The van der Waals surface area contributed by atoms with Crippen LogP contribution in [0.5, 0.6) is 5.88 Å². The standard InChI is InChI=1S/C21H20FN5O3/c22-15-3-5-16(6-4-15)27-12-14(10-19(27)28)21(29)26-9-1-2-17(13-26)30-20-18(11-23)24-7-8-25-20/h3-8,14,17H,1-2,9-10,12-13H2. The molecule has 0 spiro atoms. The van der Waals surface area contributed by atoms with Crippen LogP contribution in [0.3, 0.4) is 0 Å². The van der Waals surface area contributed by atoms with Crippen molar-refractivity contribution < 1.29 is 18.7 Å². The summed E-state index contributed by atoms with van der Waals surface area (Å²) in [5.74, 6) is -0.908. The minimum absolute atomic E-state index is 0.0964. The summed E-state index contributed by atoms with van der Waals surface area (Å²) < 4.78 is 19.0. The van der Waals surface area contributed by atoms with Crippen LogP contribution in [-0.4, -0.2) is 52.4 Å². The van der Waals surface area contributed by atoms with Crippen LogP contribution in [0.1, 0.15) is 25.0 Å². The highest BCUT2D eigenvalue weighted by Crippen LogP contribution is 2.28. The topological polar surface area (TPSA) is 99.4 Å². The van der Waals surface area contributed by atoms with Gasteiger partial charge in [-0.15, -0.1) is 0 Å². The first-order chi connectivity index (χ1) is 14.5. The van der Waals surface area contributed by atoms with Crippen LogP contribution in [0.25, 0.3) is 0 Å². The molecular weight excluding hydrogens is 389 g/mol. The number of nitrogens with zero attached hydrogens (tertiary/aromatic N) is 5. The molecule has 1 aromatic heterocycles. The lowest BCUT2D eigenvalue weighted by atomic mass is 10.0. The van der Waals surface area contributed by atoms with Crippen LogP contribution in [0.15, 0.2) is 36.7 Å². The highest BCUT2D eigenvalue weighted by atomic mass is 19.1. The molecule has 0 radical (unpaired) electrons. The number of hydrogen-bond donors (Lipinski definition) is 0. The lowest BCUT2D eigenvalue weighted by Gasteiger charge is -2.34. The van der Waals surface area contributed by atoms with E-state index < -0.39 is 5.92 Å². The third-order valence-corrected chi connectivity index (χ3v) is 5.35. The molecular formula is C21H20FN5O3. The number of anilines is 1. The number of piperidine rings is 1. The molecule has 2 saturated heterocycles. The monoisotopic (exact) mass is 409 g/mol. The Hall–Kier alpha value is -3.54. The van der Waals surface area contributed by atoms with Gasteiger partial charge in [-0.3, -0.25) is 9.59 Å². The first kappa shape index (κ1) is 19.8. The molecule has 0 aliphatic carbocycles. The van der Waals surface area contributed by atoms with Gasteiger partial charge < -0.3 is 14.5 Å².